The van der Waals surface area contributed by atoms with E-state index in [4.69, 9.17) is 28.1 Å². The standard InChI is InChI=1S/C43H50ClN11O2S/c1-26-34(11-5-6-18-45)51-41(56)37(13-7-19-46)49-23-28-9-8-20-47-43(28)58-40-32(30(15-16-33(40)44)27-14-17-36-38(21-27)53-54-52-36)25-50-42(57)39(55(26)2)22-29-24-48-35-12-4-3-10-31(29)35/h3-4,8-10,12,14-17,20-22,24,26,34,37,48-49H,5-7,11,13,18-19,23,25,45-46H2,1-2H3,(H,50,57)(H,51,56)(H,52,53,54)/b39-22-/t26?,34-,37-/m0/s1. The van der Waals surface area contributed by atoms with Crippen LogP contribution in [0.2, 0.25) is 5.02 Å². The molecule has 1 aliphatic rings. The molecule has 3 aromatic carbocycles. The Morgan fingerprint density at radius 3 is 2.62 bits per heavy atom. The summed E-state index contributed by atoms with van der Waals surface area (Å²) >= 11 is 8.52. The monoisotopic (exact) mass is 819 g/mol. The smallest absolute Gasteiger partial charge is 0.267 e. The lowest BCUT2D eigenvalue weighted by Crippen LogP contribution is -2.54. The minimum atomic E-state index is -0.523. The lowest BCUT2D eigenvalue weighted by molar-refractivity contribution is -0.124. The number of amides is 2. The van der Waals surface area contributed by atoms with Crippen molar-refractivity contribution in [3.05, 3.63) is 107 Å². The summed E-state index contributed by atoms with van der Waals surface area (Å²) < 4.78 is 0. The number of aromatic amines is 2. The number of nitrogens with two attached hydrogens (primary N) is 2. The number of rotatable bonds is 9. The molecule has 6 aromatic rings. The zero-order chi connectivity index (χ0) is 40.6. The molecular weight excluding hydrogens is 770 g/mol. The summed E-state index contributed by atoms with van der Waals surface area (Å²) in [5.74, 6) is -0.409. The minimum Gasteiger partial charge on any atom is -0.365 e. The molecular formula is C43H50ClN11O2S. The van der Waals surface area contributed by atoms with Crippen LogP contribution >= 0.6 is 23.4 Å². The summed E-state index contributed by atoms with van der Waals surface area (Å²) in [6, 6.07) is 20.5. The number of benzene rings is 3. The van der Waals surface area contributed by atoms with Crippen LogP contribution < -0.4 is 27.4 Å². The molecule has 0 bridgehead atoms. The number of hydrogen-bond acceptors (Lipinski definition) is 10. The van der Waals surface area contributed by atoms with Gasteiger partial charge in [-0.15, -0.1) is 0 Å². The fourth-order valence-electron chi connectivity index (χ4n) is 7.45. The normalized spacial score (nSPS) is 19.2. The quantitative estimate of drug-likeness (QED) is 0.0661. The fraction of sp³-hybridized carbons (Fsp3) is 0.326. The second-order valence-corrected chi connectivity index (χ2v) is 16.0. The number of H-pyrrole nitrogens is 2. The second-order valence-electron chi connectivity index (χ2n) is 14.6. The Morgan fingerprint density at radius 1 is 0.948 bits per heavy atom. The second kappa shape index (κ2) is 19.0. The highest BCUT2D eigenvalue weighted by atomic mass is 35.5. The van der Waals surface area contributed by atoms with E-state index in [0.717, 1.165) is 67.0 Å². The van der Waals surface area contributed by atoms with E-state index in [0.29, 0.717) is 55.1 Å². The van der Waals surface area contributed by atoms with Gasteiger partial charge >= 0.3 is 0 Å². The third-order valence-electron chi connectivity index (χ3n) is 10.9. The molecule has 1 aliphatic heterocycles. The maximum absolute atomic E-state index is 14.8. The first-order valence-electron chi connectivity index (χ1n) is 19.7. The van der Waals surface area contributed by atoms with E-state index in [9.17, 15) is 9.59 Å². The van der Waals surface area contributed by atoms with Crippen LogP contribution in [-0.2, 0) is 22.7 Å². The van der Waals surface area contributed by atoms with Gasteiger partial charge in [-0.3, -0.25) is 9.59 Å². The molecule has 15 heteroatoms. The van der Waals surface area contributed by atoms with E-state index in [1.165, 1.54) is 11.8 Å². The molecule has 2 amide bonds. The van der Waals surface area contributed by atoms with E-state index >= 15 is 0 Å². The molecule has 0 radical (unpaired) electrons. The summed E-state index contributed by atoms with van der Waals surface area (Å²) in [6.07, 6.45) is 9.08. The maximum atomic E-state index is 14.8. The third-order valence-corrected chi connectivity index (χ3v) is 12.5. The summed E-state index contributed by atoms with van der Waals surface area (Å²) in [5, 5.41) is 23.7. The van der Waals surface area contributed by atoms with Crippen molar-refractivity contribution in [3.63, 3.8) is 0 Å². The van der Waals surface area contributed by atoms with Crippen LogP contribution in [0, 0.1) is 0 Å². The number of unbranched alkanes of at least 4 members (excludes halogenated alkanes) is 1. The molecule has 302 valence electrons. The SMILES string of the molecule is CC1[C@H](CCCCN)NC(=O)[C@H](CCCN)NCc2cccnc2Sc2c(Cl)ccc(-c3ccc4n[nH]nc4c3)c2CNC(=O)/C(=C/c2c[nH]c3ccccc23)N1C. The zero-order valence-electron chi connectivity index (χ0n) is 32.7. The van der Waals surface area contributed by atoms with Crippen molar-refractivity contribution in [2.45, 2.75) is 80.2 Å². The van der Waals surface area contributed by atoms with Crippen molar-refractivity contribution in [3.8, 4) is 11.1 Å². The summed E-state index contributed by atoms with van der Waals surface area (Å²) in [6.45, 7) is 3.59. The highest BCUT2D eigenvalue weighted by molar-refractivity contribution is 7.99. The minimum absolute atomic E-state index is 0.123. The van der Waals surface area contributed by atoms with Gasteiger partial charge in [0, 0.05) is 66.0 Å². The molecule has 0 saturated carbocycles. The first-order valence-corrected chi connectivity index (χ1v) is 20.9. The van der Waals surface area contributed by atoms with E-state index in [1.807, 2.05) is 97.9 Å². The molecule has 3 aromatic heterocycles. The number of carbonyl (C=O) groups excluding carboxylic acids is 2. The Hall–Kier alpha value is -5.25. The lowest BCUT2D eigenvalue weighted by atomic mass is 9.98. The Bertz CT molecular complexity index is 2410. The summed E-state index contributed by atoms with van der Waals surface area (Å²) in [4.78, 5) is 40.0. The zero-order valence-corrected chi connectivity index (χ0v) is 34.3. The molecule has 7 rings (SSSR count). The van der Waals surface area contributed by atoms with Crippen LogP contribution in [0.1, 0.15) is 55.7 Å². The van der Waals surface area contributed by atoms with Gasteiger partial charge in [0.2, 0.25) is 5.91 Å². The molecule has 9 N–H and O–H groups in total. The molecule has 3 atom stereocenters. The van der Waals surface area contributed by atoms with Crippen molar-refractivity contribution < 1.29 is 9.59 Å². The molecule has 0 fully saturated rings. The number of halogens is 1. The number of pyridine rings is 1. The molecule has 13 nitrogen and oxygen atoms in total. The van der Waals surface area contributed by atoms with Gasteiger partial charge in [0.05, 0.1) is 11.1 Å². The van der Waals surface area contributed by atoms with Crippen molar-refractivity contribution in [2.24, 2.45) is 11.5 Å². The number of likely N-dealkylation sites (N-methyl/N-ethyl adjacent to an activating group) is 1. The van der Waals surface area contributed by atoms with E-state index in [1.54, 1.807) is 6.20 Å². The average Bonchev–Trinajstić information content (AvgIpc) is 3.89. The maximum Gasteiger partial charge on any atom is 0.267 e. The van der Waals surface area contributed by atoms with Crippen LogP contribution in [0.5, 0.6) is 0 Å². The van der Waals surface area contributed by atoms with Crippen LogP contribution in [0.15, 0.2) is 94.7 Å². The Balaban J connectivity index is 1.37. The van der Waals surface area contributed by atoms with Gasteiger partial charge in [-0.2, -0.15) is 15.4 Å². The van der Waals surface area contributed by atoms with Gasteiger partial charge in [-0.05, 0) is 104 Å². The lowest BCUT2D eigenvalue weighted by Gasteiger charge is -2.36. The predicted molar refractivity (Wildman–Crippen MR) is 232 cm³/mol. The van der Waals surface area contributed by atoms with Gasteiger partial charge in [-0.1, -0.05) is 66.2 Å². The van der Waals surface area contributed by atoms with Gasteiger partial charge in [0.15, 0.2) is 0 Å². The van der Waals surface area contributed by atoms with Crippen LogP contribution in [0.25, 0.3) is 39.1 Å². The van der Waals surface area contributed by atoms with Crippen LogP contribution in [-0.4, -0.2) is 80.4 Å². The topological polar surface area (TPSA) is 196 Å². The fourth-order valence-corrected chi connectivity index (χ4v) is 8.80. The van der Waals surface area contributed by atoms with E-state index in [2.05, 4.69) is 36.3 Å². The third kappa shape index (κ3) is 9.22. The first-order chi connectivity index (χ1) is 28.2. The van der Waals surface area contributed by atoms with Crippen molar-refractivity contribution in [1.29, 1.82) is 0 Å². The number of para-hydroxylation sites is 1. The van der Waals surface area contributed by atoms with Gasteiger partial charge in [0.1, 0.15) is 21.8 Å². The van der Waals surface area contributed by atoms with Crippen molar-refractivity contribution in [1.82, 2.24) is 46.2 Å². The Morgan fingerprint density at radius 2 is 1.78 bits per heavy atom. The molecule has 0 spiro atoms. The van der Waals surface area contributed by atoms with E-state index in [-0.39, 0.29) is 30.4 Å². The Labute approximate surface area is 347 Å². The highest BCUT2D eigenvalue weighted by Gasteiger charge is 2.30. The van der Waals surface area contributed by atoms with Crippen molar-refractivity contribution >= 4 is 63.2 Å². The molecule has 4 heterocycles. The number of carbonyl (C=O) groups is 2. The molecule has 0 aliphatic carbocycles. The largest absolute Gasteiger partial charge is 0.365 e. The first kappa shape index (κ1) is 40.9. The van der Waals surface area contributed by atoms with Crippen LogP contribution in [0.3, 0.4) is 0 Å². The van der Waals surface area contributed by atoms with Gasteiger partial charge < -0.3 is 37.3 Å². The Kier molecular flexibility index (Phi) is 13.4. The predicted octanol–water partition coefficient (Wildman–Crippen LogP) is 6.11. The number of aromatic nitrogens is 5. The van der Waals surface area contributed by atoms with Gasteiger partial charge in [-0.25, -0.2) is 4.98 Å². The molecule has 1 unspecified atom stereocenters. The van der Waals surface area contributed by atoms with Crippen LogP contribution in [0.4, 0.5) is 0 Å². The number of nitrogens with zero attached hydrogens (tertiary/aromatic N) is 4. The number of hydrogen-bond donors (Lipinski definition) is 7. The molecule has 58 heavy (non-hydrogen) atoms. The number of fused-ring (bicyclic) bond motifs is 4. The average molecular weight is 820 g/mol. The summed E-state index contributed by atoms with van der Waals surface area (Å²) in [5.41, 5.74) is 19.1. The van der Waals surface area contributed by atoms with E-state index < -0.39 is 6.04 Å². The van der Waals surface area contributed by atoms with Crippen molar-refractivity contribution in [2.75, 3.05) is 20.1 Å². The highest BCUT2D eigenvalue weighted by Crippen LogP contribution is 2.41. The summed E-state index contributed by atoms with van der Waals surface area (Å²) in [7, 11) is 1.91. The molecule has 0 saturated heterocycles. The van der Waals surface area contributed by atoms with Gasteiger partial charge in [0.25, 0.3) is 5.91 Å². The number of nitrogens with one attached hydrogen (secondary N) is 5.